The molecule has 148 valence electrons. The number of aromatic nitrogens is 2. The van der Waals surface area contributed by atoms with Gasteiger partial charge in [0.15, 0.2) is 11.5 Å². The Bertz CT molecular complexity index is 1040. The Morgan fingerprint density at radius 2 is 1.86 bits per heavy atom. The number of aryl methyl sites for hydroxylation is 1. The van der Waals surface area contributed by atoms with Gasteiger partial charge in [0, 0.05) is 11.8 Å². The number of nitrogens with zero attached hydrogens (tertiary/aromatic N) is 3. The monoisotopic (exact) mass is 394 g/mol. The molecule has 0 spiro atoms. The zero-order valence-electron chi connectivity index (χ0n) is 15.6. The van der Waals surface area contributed by atoms with E-state index in [-0.39, 0.29) is 17.4 Å². The maximum atomic E-state index is 11.7. The molecule has 0 atom stereocenters. The number of anilines is 2. The van der Waals surface area contributed by atoms with Gasteiger partial charge in [-0.25, -0.2) is 4.98 Å². The Hall–Kier alpha value is -3.88. The summed E-state index contributed by atoms with van der Waals surface area (Å²) in [4.78, 5) is 19.1. The number of rotatable bonds is 6. The molecule has 0 aliphatic carbocycles. The van der Waals surface area contributed by atoms with Crippen LogP contribution < -0.4 is 19.5 Å². The van der Waals surface area contributed by atoms with Crippen LogP contribution in [0.25, 0.3) is 0 Å². The second kappa shape index (κ2) is 8.01. The highest BCUT2D eigenvalue weighted by Crippen LogP contribution is 2.38. The number of nitrogens with one attached hydrogen (secondary N) is 1. The van der Waals surface area contributed by atoms with Crippen molar-refractivity contribution in [2.24, 2.45) is 0 Å². The molecular weight excluding hydrogens is 376 g/mol. The van der Waals surface area contributed by atoms with Crippen LogP contribution in [0.4, 0.5) is 17.2 Å². The first-order valence-electron chi connectivity index (χ1n) is 9.07. The van der Waals surface area contributed by atoms with Gasteiger partial charge in [0.2, 0.25) is 5.82 Å². The third-order valence-corrected chi connectivity index (χ3v) is 4.32. The van der Waals surface area contributed by atoms with Crippen LogP contribution in [0.15, 0.2) is 48.8 Å². The van der Waals surface area contributed by atoms with E-state index in [1.807, 2.05) is 19.1 Å². The summed E-state index contributed by atoms with van der Waals surface area (Å²) in [5, 5.41) is 14.7. The van der Waals surface area contributed by atoms with Gasteiger partial charge in [0.1, 0.15) is 25.3 Å². The van der Waals surface area contributed by atoms with E-state index in [1.165, 1.54) is 6.33 Å². The topological polar surface area (TPSA) is 109 Å². The van der Waals surface area contributed by atoms with Crippen molar-refractivity contribution in [3.63, 3.8) is 0 Å². The van der Waals surface area contributed by atoms with Crippen LogP contribution >= 0.6 is 0 Å². The van der Waals surface area contributed by atoms with Crippen LogP contribution in [0.1, 0.15) is 12.5 Å². The maximum absolute atomic E-state index is 11.7. The molecule has 0 fully saturated rings. The summed E-state index contributed by atoms with van der Waals surface area (Å²) in [6.07, 6.45) is 2.10. The third kappa shape index (κ3) is 4.03. The summed E-state index contributed by atoms with van der Waals surface area (Å²) in [6.45, 7) is 2.97. The number of hydrogen-bond acceptors (Lipinski definition) is 8. The SMILES string of the molecule is CCc1ccc(Oc2ncnc(Nc3ccc4c(c3)OCCO4)c2[N+](=O)[O-])cc1. The van der Waals surface area contributed by atoms with E-state index in [0.717, 1.165) is 12.0 Å². The van der Waals surface area contributed by atoms with Crippen molar-refractivity contribution >= 4 is 17.2 Å². The van der Waals surface area contributed by atoms with Gasteiger partial charge in [0.25, 0.3) is 0 Å². The average molecular weight is 394 g/mol. The van der Waals surface area contributed by atoms with Gasteiger partial charge in [-0.05, 0) is 36.2 Å². The van der Waals surface area contributed by atoms with Gasteiger partial charge >= 0.3 is 11.6 Å². The van der Waals surface area contributed by atoms with Crippen molar-refractivity contribution in [3.05, 3.63) is 64.5 Å². The van der Waals surface area contributed by atoms with E-state index >= 15 is 0 Å². The van der Waals surface area contributed by atoms with Crippen molar-refractivity contribution in [2.75, 3.05) is 18.5 Å². The van der Waals surface area contributed by atoms with Crippen molar-refractivity contribution < 1.29 is 19.1 Å². The number of fused-ring (bicyclic) bond motifs is 1. The molecule has 4 rings (SSSR count). The molecule has 0 unspecified atom stereocenters. The molecule has 29 heavy (non-hydrogen) atoms. The lowest BCUT2D eigenvalue weighted by molar-refractivity contribution is -0.385. The predicted molar refractivity (Wildman–Crippen MR) is 105 cm³/mol. The second-order valence-corrected chi connectivity index (χ2v) is 6.22. The minimum atomic E-state index is -0.573. The molecule has 2 heterocycles. The second-order valence-electron chi connectivity index (χ2n) is 6.22. The number of hydrogen-bond donors (Lipinski definition) is 1. The first kappa shape index (κ1) is 18.5. The Morgan fingerprint density at radius 3 is 2.59 bits per heavy atom. The third-order valence-electron chi connectivity index (χ3n) is 4.32. The molecule has 9 nitrogen and oxygen atoms in total. The average Bonchev–Trinajstić information content (AvgIpc) is 2.74. The van der Waals surface area contributed by atoms with Crippen molar-refractivity contribution in [2.45, 2.75) is 13.3 Å². The van der Waals surface area contributed by atoms with Crippen LogP contribution in [0, 0.1) is 10.1 Å². The lowest BCUT2D eigenvalue weighted by Crippen LogP contribution is -2.15. The van der Waals surface area contributed by atoms with Gasteiger partial charge in [-0.3, -0.25) is 10.1 Å². The minimum Gasteiger partial charge on any atom is -0.486 e. The van der Waals surface area contributed by atoms with E-state index in [2.05, 4.69) is 15.3 Å². The quantitative estimate of drug-likeness (QED) is 0.488. The van der Waals surface area contributed by atoms with Gasteiger partial charge in [-0.15, -0.1) is 0 Å². The van der Waals surface area contributed by atoms with E-state index in [9.17, 15) is 10.1 Å². The molecule has 0 saturated carbocycles. The molecule has 1 aliphatic heterocycles. The van der Waals surface area contributed by atoms with Gasteiger partial charge in [-0.2, -0.15) is 4.98 Å². The fourth-order valence-corrected chi connectivity index (χ4v) is 2.86. The highest BCUT2D eigenvalue weighted by Gasteiger charge is 2.25. The molecule has 1 aliphatic rings. The minimum absolute atomic E-state index is 0.0156. The summed E-state index contributed by atoms with van der Waals surface area (Å²) in [5.41, 5.74) is 1.34. The number of nitro groups is 1. The maximum Gasteiger partial charge on any atom is 0.373 e. The molecule has 0 bridgehead atoms. The summed E-state index contributed by atoms with van der Waals surface area (Å²) < 4.78 is 16.7. The van der Waals surface area contributed by atoms with Crippen LogP contribution in [-0.4, -0.2) is 28.1 Å². The fourth-order valence-electron chi connectivity index (χ4n) is 2.86. The van der Waals surface area contributed by atoms with Crippen molar-refractivity contribution in [1.82, 2.24) is 9.97 Å². The molecule has 0 radical (unpaired) electrons. The number of ether oxygens (including phenoxy) is 3. The van der Waals surface area contributed by atoms with Crippen LogP contribution in [0.3, 0.4) is 0 Å². The van der Waals surface area contributed by atoms with E-state index in [0.29, 0.717) is 36.1 Å². The summed E-state index contributed by atoms with van der Waals surface area (Å²) in [5.74, 6) is 1.51. The zero-order valence-corrected chi connectivity index (χ0v) is 15.6. The van der Waals surface area contributed by atoms with Crippen LogP contribution in [0.2, 0.25) is 0 Å². The summed E-state index contributed by atoms with van der Waals surface area (Å²) >= 11 is 0. The fraction of sp³-hybridized carbons (Fsp3) is 0.200. The molecule has 1 N–H and O–H groups in total. The lowest BCUT2D eigenvalue weighted by atomic mass is 10.2. The van der Waals surface area contributed by atoms with E-state index in [1.54, 1.807) is 30.3 Å². The standard InChI is InChI=1S/C20H18N4O5/c1-2-13-3-6-15(7-4-13)29-20-18(24(25)26)19(21-12-22-20)23-14-5-8-16-17(11-14)28-10-9-27-16/h3-8,11-12H,2,9-10H2,1H3,(H,21,22,23). The first-order valence-corrected chi connectivity index (χ1v) is 9.07. The Kier molecular flexibility index (Phi) is 5.10. The molecule has 2 aromatic carbocycles. The van der Waals surface area contributed by atoms with Gasteiger partial charge in [-0.1, -0.05) is 19.1 Å². The van der Waals surface area contributed by atoms with Crippen molar-refractivity contribution in [3.8, 4) is 23.1 Å². The Labute approximate surface area is 166 Å². The summed E-state index contributed by atoms with van der Waals surface area (Å²) in [6, 6.07) is 12.5. The molecule has 1 aromatic heterocycles. The molecular formula is C20H18N4O5. The number of benzene rings is 2. The van der Waals surface area contributed by atoms with Crippen LogP contribution in [-0.2, 0) is 6.42 Å². The Balaban J connectivity index is 1.63. The van der Waals surface area contributed by atoms with Crippen LogP contribution in [0.5, 0.6) is 23.1 Å². The van der Waals surface area contributed by atoms with Crippen molar-refractivity contribution in [1.29, 1.82) is 0 Å². The lowest BCUT2D eigenvalue weighted by Gasteiger charge is -2.19. The highest BCUT2D eigenvalue weighted by atomic mass is 16.6. The highest BCUT2D eigenvalue weighted by molar-refractivity contribution is 5.70. The molecule has 9 heteroatoms. The normalized spacial score (nSPS) is 12.3. The van der Waals surface area contributed by atoms with Gasteiger partial charge in [0.05, 0.1) is 4.92 Å². The smallest absolute Gasteiger partial charge is 0.373 e. The molecule has 3 aromatic rings. The predicted octanol–water partition coefficient (Wildman–Crippen LogP) is 4.25. The first-order chi connectivity index (χ1) is 14.1. The van der Waals surface area contributed by atoms with Gasteiger partial charge < -0.3 is 19.5 Å². The molecule has 0 saturated heterocycles. The summed E-state index contributed by atoms with van der Waals surface area (Å²) in [7, 11) is 0. The van der Waals surface area contributed by atoms with E-state index in [4.69, 9.17) is 14.2 Å². The Morgan fingerprint density at radius 1 is 1.10 bits per heavy atom. The zero-order chi connectivity index (χ0) is 20.2. The van der Waals surface area contributed by atoms with E-state index < -0.39 is 4.92 Å². The largest absolute Gasteiger partial charge is 0.486 e. The molecule has 0 amide bonds.